The summed E-state index contributed by atoms with van der Waals surface area (Å²) in [6, 6.07) is 4.58. The molecule has 0 bridgehead atoms. The molecule has 0 aliphatic carbocycles. The molecule has 0 saturated heterocycles. The van der Waals surface area contributed by atoms with Crippen LogP contribution in [0.1, 0.15) is 35.1 Å². The third kappa shape index (κ3) is 9.37. The maximum Gasteiger partial charge on any atom is 1.00 e. The Morgan fingerprint density at radius 1 is 0.909 bits per heavy atom. The van der Waals surface area contributed by atoms with E-state index in [0.29, 0.717) is 15.8 Å². The maximum atomic E-state index is 13.6. The molecule has 0 spiro atoms. The van der Waals surface area contributed by atoms with Crippen molar-refractivity contribution in [2.75, 3.05) is 11.6 Å². The molecule has 0 radical (unpaired) electrons. The number of rotatable bonds is 3. The monoisotopic (exact) mass is 670 g/mol. The van der Waals surface area contributed by atoms with Gasteiger partial charge in [0.25, 0.3) is 0 Å². The molecular weight excluding hydrogens is 656 g/mol. The van der Waals surface area contributed by atoms with Gasteiger partial charge >= 0.3 is 41.9 Å². The molecule has 0 atom stereocenters. The van der Waals surface area contributed by atoms with Crippen LogP contribution < -0.4 is 29.6 Å². The van der Waals surface area contributed by atoms with Crippen molar-refractivity contribution in [3.05, 3.63) is 61.3 Å². The van der Waals surface area contributed by atoms with Crippen LogP contribution in [0.4, 0.5) is 30.7 Å². The van der Waals surface area contributed by atoms with E-state index in [4.69, 9.17) is 11.6 Å². The molecule has 0 saturated carbocycles. The second-order valence-electron chi connectivity index (χ2n) is 6.53. The average molecular weight is 673 g/mol. The van der Waals surface area contributed by atoms with E-state index in [1.165, 1.54) is 23.9 Å². The van der Waals surface area contributed by atoms with Crippen molar-refractivity contribution in [2.45, 2.75) is 42.9 Å². The van der Waals surface area contributed by atoms with Crippen LogP contribution in [-0.4, -0.2) is 11.6 Å². The zero-order chi connectivity index (χ0) is 23.4. The third-order valence-electron chi connectivity index (χ3n) is 4.38. The van der Waals surface area contributed by atoms with Gasteiger partial charge in [0.1, 0.15) is 5.82 Å². The van der Waals surface area contributed by atoms with Gasteiger partial charge in [-0.2, -0.15) is 26.3 Å². The van der Waals surface area contributed by atoms with Crippen LogP contribution in [0.15, 0.2) is 38.1 Å². The van der Waals surface area contributed by atoms with E-state index in [1.54, 1.807) is 0 Å². The number of thioether (sulfide) groups is 1. The van der Waals surface area contributed by atoms with Gasteiger partial charge in [-0.3, -0.25) is 0 Å². The van der Waals surface area contributed by atoms with Gasteiger partial charge < -0.3 is 13.5 Å². The Hall–Kier alpha value is 0.900. The van der Waals surface area contributed by atoms with Crippen molar-refractivity contribution < 1.29 is 60.3 Å². The molecule has 33 heavy (non-hydrogen) atoms. The molecule has 0 amide bonds. The van der Waals surface area contributed by atoms with Gasteiger partial charge in [0, 0.05) is 25.3 Å². The summed E-state index contributed by atoms with van der Waals surface area (Å²) in [5.74, 6) is -0.165. The standard InChI is InChI=1S/C10H8BrClF4.C10H8BrF3S.Na.H2S/c11-8-4-3-7(10(14,15)16)9(13)6(8)2-1-5-12;11-8-4-3-7(10(12,13)14)9-6(8)2-1-5-15-9;;/h3-4H,1-2,5H2;3-4H,1-2,5H2;;1H2/q;;+1;/p-1. The quantitative estimate of drug-likeness (QED) is 0.129. The minimum Gasteiger partial charge on any atom is -0.813 e. The minimum atomic E-state index is -4.67. The molecule has 3 rings (SSSR count). The Kier molecular flexibility index (Phi) is 15.0. The van der Waals surface area contributed by atoms with Crippen LogP contribution >= 0.6 is 55.2 Å². The summed E-state index contributed by atoms with van der Waals surface area (Å²) in [6.45, 7) is 0. The first-order valence-corrected chi connectivity index (χ1v) is 12.1. The number of thiol groups is 1. The smallest absolute Gasteiger partial charge is 0.813 e. The van der Waals surface area contributed by atoms with E-state index in [-0.39, 0.29) is 60.9 Å². The fourth-order valence-electron chi connectivity index (χ4n) is 2.94. The predicted octanol–water partition coefficient (Wildman–Crippen LogP) is 6.02. The van der Waals surface area contributed by atoms with Crippen molar-refractivity contribution in [1.82, 2.24) is 0 Å². The van der Waals surface area contributed by atoms with Crippen LogP contribution in [0.25, 0.3) is 0 Å². The van der Waals surface area contributed by atoms with Crippen molar-refractivity contribution in [3.8, 4) is 0 Å². The van der Waals surface area contributed by atoms with Crippen LogP contribution in [0, 0.1) is 5.82 Å². The summed E-state index contributed by atoms with van der Waals surface area (Å²) in [5, 5.41) is 0. The van der Waals surface area contributed by atoms with E-state index in [1.807, 2.05) is 0 Å². The Morgan fingerprint density at radius 2 is 1.45 bits per heavy atom. The topological polar surface area (TPSA) is 0 Å². The Balaban J connectivity index is 0.000000586. The van der Waals surface area contributed by atoms with Crippen LogP contribution in [0.2, 0.25) is 0 Å². The Bertz CT molecular complexity index is 925. The van der Waals surface area contributed by atoms with Crippen LogP contribution in [-0.2, 0) is 38.7 Å². The number of benzene rings is 2. The Labute approximate surface area is 242 Å². The molecule has 2 aromatic carbocycles. The van der Waals surface area contributed by atoms with Gasteiger partial charge in [0.05, 0.1) is 11.1 Å². The average Bonchev–Trinajstić information content (AvgIpc) is 2.67. The van der Waals surface area contributed by atoms with Gasteiger partial charge in [-0.25, -0.2) is 4.39 Å². The van der Waals surface area contributed by atoms with E-state index in [2.05, 4.69) is 31.9 Å². The van der Waals surface area contributed by atoms with Crippen molar-refractivity contribution in [1.29, 1.82) is 0 Å². The molecule has 1 aliphatic heterocycles. The number of alkyl halides is 7. The molecule has 0 fully saturated rings. The molecule has 13 heteroatoms. The van der Waals surface area contributed by atoms with Crippen molar-refractivity contribution in [2.24, 2.45) is 0 Å². The number of hydrogen-bond donors (Lipinski definition) is 0. The molecule has 0 unspecified atom stereocenters. The summed E-state index contributed by atoms with van der Waals surface area (Å²) in [6.07, 6.45) is -6.63. The maximum absolute atomic E-state index is 13.6. The second-order valence-corrected chi connectivity index (χ2v) is 9.72. The molecule has 1 aliphatic rings. The number of halogens is 10. The van der Waals surface area contributed by atoms with Gasteiger partial charge in [-0.05, 0) is 61.3 Å². The first kappa shape index (κ1) is 33.9. The van der Waals surface area contributed by atoms with E-state index >= 15 is 0 Å². The number of hydrogen-bond acceptors (Lipinski definition) is 2. The Morgan fingerprint density at radius 3 is 2.00 bits per heavy atom. The van der Waals surface area contributed by atoms with E-state index in [0.717, 1.165) is 40.8 Å². The van der Waals surface area contributed by atoms with Crippen LogP contribution in [0.3, 0.4) is 0 Å². The molecule has 180 valence electrons. The van der Waals surface area contributed by atoms with Crippen molar-refractivity contribution in [3.63, 3.8) is 0 Å². The summed E-state index contributed by atoms with van der Waals surface area (Å²) < 4.78 is 89.9. The van der Waals surface area contributed by atoms with Gasteiger partial charge in [0.15, 0.2) is 0 Å². The van der Waals surface area contributed by atoms with E-state index < -0.39 is 29.3 Å². The van der Waals surface area contributed by atoms with Gasteiger partial charge in [0.2, 0.25) is 0 Å². The summed E-state index contributed by atoms with van der Waals surface area (Å²) in [4.78, 5) is 0.406. The largest absolute Gasteiger partial charge is 1.00 e. The first-order chi connectivity index (χ1) is 14.4. The zero-order valence-corrected chi connectivity index (χ0v) is 24.8. The third-order valence-corrected chi connectivity index (χ3v) is 7.38. The molecule has 2 aromatic rings. The van der Waals surface area contributed by atoms with E-state index in [9.17, 15) is 30.7 Å². The molecule has 0 aromatic heterocycles. The zero-order valence-electron chi connectivity index (χ0n) is 17.2. The SMILES string of the molecule is FC(F)(F)c1ccc(Br)c2c1SCCC2.Fc1c(C(F)(F)F)ccc(Br)c1CCCCl.[Na+].[SH-]. The summed E-state index contributed by atoms with van der Waals surface area (Å²) in [5.41, 5.74) is -0.901. The first-order valence-electron chi connectivity index (χ1n) is 8.99. The summed E-state index contributed by atoms with van der Waals surface area (Å²) in [7, 11) is 0. The second kappa shape index (κ2) is 14.6. The molecule has 0 nitrogen and oxygen atoms in total. The number of fused-ring (bicyclic) bond motifs is 1. The molecule has 0 N–H and O–H groups in total. The summed E-state index contributed by atoms with van der Waals surface area (Å²) >= 11 is 13.1. The normalized spacial score (nSPS) is 13.2. The molecular formula is C20H17Br2ClF7NaS2. The fourth-order valence-corrected chi connectivity index (χ4v) is 5.45. The predicted molar refractivity (Wildman–Crippen MR) is 125 cm³/mol. The van der Waals surface area contributed by atoms with Crippen molar-refractivity contribution >= 4 is 68.7 Å². The van der Waals surface area contributed by atoms with Crippen LogP contribution in [0.5, 0.6) is 0 Å². The van der Waals surface area contributed by atoms with Gasteiger partial charge in [-0.15, -0.1) is 23.4 Å². The fraction of sp³-hybridized carbons (Fsp3) is 0.400. The molecule has 1 heterocycles. The van der Waals surface area contributed by atoms with Gasteiger partial charge in [-0.1, -0.05) is 31.9 Å². The minimum absolute atomic E-state index is 0.